The number of hydrogen-bond donors (Lipinski definition) is 3. The summed E-state index contributed by atoms with van der Waals surface area (Å²) in [6, 6.07) is 6.39. The van der Waals surface area contributed by atoms with Gasteiger partial charge in [0.2, 0.25) is 5.91 Å². The molecule has 1 heterocycles. The molecule has 0 saturated carbocycles. The number of ether oxygens (including phenoxy) is 1. The number of nitrogens with two attached hydrogens (primary N) is 1. The molecule has 2 unspecified atom stereocenters. The van der Waals surface area contributed by atoms with Crippen LogP contribution >= 0.6 is 0 Å². The second-order valence-corrected chi connectivity index (χ2v) is 5.26. The van der Waals surface area contributed by atoms with Crippen LogP contribution in [-0.2, 0) is 20.7 Å². The summed E-state index contributed by atoms with van der Waals surface area (Å²) in [6.07, 6.45) is -0.0370. The van der Waals surface area contributed by atoms with E-state index in [2.05, 4.69) is 5.32 Å². The van der Waals surface area contributed by atoms with E-state index in [1.54, 1.807) is 31.2 Å². The summed E-state index contributed by atoms with van der Waals surface area (Å²) in [7, 11) is 0. The van der Waals surface area contributed by atoms with Crippen LogP contribution in [0.25, 0.3) is 0 Å². The second kappa shape index (κ2) is 5.60. The van der Waals surface area contributed by atoms with E-state index in [0.717, 1.165) is 0 Å². The number of carboxylic acid groups (broad SMARTS) is 1. The van der Waals surface area contributed by atoms with Gasteiger partial charge in [0, 0.05) is 11.7 Å². The Bertz CT molecular complexity index is 514. The number of nitrogens with one attached hydrogen (secondary N) is 1. The summed E-state index contributed by atoms with van der Waals surface area (Å²) < 4.78 is 5.24. The van der Waals surface area contributed by atoms with Crippen LogP contribution in [0.5, 0.6) is 0 Å². The van der Waals surface area contributed by atoms with Crippen molar-refractivity contribution in [1.82, 2.24) is 0 Å². The van der Waals surface area contributed by atoms with E-state index in [-0.39, 0.29) is 18.4 Å². The van der Waals surface area contributed by atoms with E-state index in [0.29, 0.717) is 24.5 Å². The van der Waals surface area contributed by atoms with Crippen molar-refractivity contribution in [2.75, 3.05) is 18.5 Å². The van der Waals surface area contributed by atoms with Crippen LogP contribution in [0.15, 0.2) is 24.3 Å². The largest absolute Gasteiger partial charge is 0.481 e. The topological polar surface area (TPSA) is 102 Å². The Kier molecular flexibility index (Phi) is 4.06. The number of anilines is 1. The van der Waals surface area contributed by atoms with Gasteiger partial charge < -0.3 is 20.9 Å². The van der Waals surface area contributed by atoms with Crippen molar-refractivity contribution in [3.8, 4) is 0 Å². The van der Waals surface area contributed by atoms with Crippen molar-refractivity contribution in [2.45, 2.75) is 19.4 Å². The minimum atomic E-state index is -0.886. The third kappa shape index (κ3) is 2.97. The van der Waals surface area contributed by atoms with Gasteiger partial charge in [0.05, 0.1) is 25.0 Å². The van der Waals surface area contributed by atoms with Gasteiger partial charge in [-0.05, 0) is 24.6 Å². The molecule has 108 valence electrons. The van der Waals surface area contributed by atoms with Crippen molar-refractivity contribution >= 4 is 17.6 Å². The molecule has 20 heavy (non-hydrogen) atoms. The molecule has 0 spiro atoms. The highest BCUT2D eigenvalue weighted by Gasteiger charge is 2.44. The highest BCUT2D eigenvalue weighted by molar-refractivity contribution is 5.96. The lowest BCUT2D eigenvalue weighted by Crippen LogP contribution is -2.47. The Morgan fingerprint density at radius 3 is 2.60 bits per heavy atom. The fourth-order valence-corrected chi connectivity index (χ4v) is 2.08. The molecule has 1 fully saturated rings. The molecule has 1 aliphatic heterocycles. The van der Waals surface area contributed by atoms with Crippen LogP contribution < -0.4 is 11.1 Å². The zero-order valence-corrected chi connectivity index (χ0v) is 11.3. The maximum Gasteiger partial charge on any atom is 0.307 e. The summed E-state index contributed by atoms with van der Waals surface area (Å²) in [5.41, 5.74) is 6.46. The molecule has 1 aromatic carbocycles. The predicted octanol–water partition coefficient (Wildman–Crippen LogP) is 0.616. The number of carbonyl (C=O) groups excluding carboxylic acids is 1. The van der Waals surface area contributed by atoms with E-state index in [9.17, 15) is 9.59 Å². The van der Waals surface area contributed by atoms with E-state index >= 15 is 0 Å². The van der Waals surface area contributed by atoms with Crippen molar-refractivity contribution in [1.29, 1.82) is 0 Å². The van der Waals surface area contributed by atoms with E-state index in [1.807, 2.05) is 0 Å². The molecular weight excluding hydrogens is 260 g/mol. The number of carboxylic acids is 1. The number of amides is 1. The van der Waals surface area contributed by atoms with Crippen molar-refractivity contribution < 1.29 is 19.4 Å². The third-order valence-corrected chi connectivity index (χ3v) is 3.60. The number of aliphatic carboxylic acids is 1. The molecule has 6 heteroatoms. The van der Waals surface area contributed by atoms with Crippen molar-refractivity contribution in [3.05, 3.63) is 29.8 Å². The molecule has 1 saturated heterocycles. The second-order valence-electron chi connectivity index (χ2n) is 5.26. The number of carbonyl (C=O) groups is 2. The van der Waals surface area contributed by atoms with Crippen LogP contribution in [0.3, 0.4) is 0 Å². The summed E-state index contributed by atoms with van der Waals surface area (Å²) in [5, 5.41) is 11.5. The zero-order chi connectivity index (χ0) is 14.8. The smallest absolute Gasteiger partial charge is 0.307 e. The van der Waals surface area contributed by atoms with Gasteiger partial charge in [0.15, 0.2) is 0 Å². The molecule has 6 nitrogen and oxygen atoms in total. The summed E-state index contributed by atoms with van der Waals surface area (Å²) in [4.78, 5) is 22.8. The van der Waals surface area contributed by atoms with Gasteiger partial charge in [-0.15, -0.1) is 0 Å². The van der Waals surface area contributed by atoms with Crippen LogP contribution in [0.2, 0.25) is 0 Å². The molecule has 0 aliphatic carbocycles. The van der Waals surface area contributed by atoms with E-state index in [4.69, 9.17) is 15.6 Å². The highest BCUT2D eigenvalue weighted by Crippen LogP contribution is 2.28. The van der Waals surface area contributed by atoms with Gasteiger partial charge in [0.25, 0.3) is 0 Å². The van der Waals surface area contributed by atoms with Crippen LogP contribution in [0, 0.1) is 5.41 Å². The lowest BCUT2D eigenvalue weighted by molar-refractivity contribution is -0.136. The molecule has 2 rings (SSSR count). The molecule has 2 atom stereocenters. The molecular formula is C14H18N2O4. The Morgan fingerprint density at radius 1 is 1.45 bits per heavy atom. The van der Waals surface area contributed by atoms with Crippen LogP contribution in [-0.4, -0.2) is 36.2 Å². The van der Waals surface area contributed by atoms with Gasteiger partial charge in [-0.3, -0.25) is 9.59 Å². The third-order valence-electron chi connectivity index (χ3n) is 3.60. The zero-order valence-electron chi connectivity index (χ0n) is 11.3. The van der Waals surface area contributed by atoms with Crippen LogP contribution in [0.1, 0.15) is 12.5 Å². The Balaban J connectivity index is 2.03. The molecule has 0 radical (unpaired) electrons. The first-order valence-electron chi connectivity index (χ1n) is 6.37. The Labute approximate surface area is 116 Å². The first kappa shape index (κ1) is 14.5. The SMILES string of the molecule is CC1(C(=O)Nc2ccc(CC(=O)O)cc2)COCC1N. The van der Waals surface area contributed by atoms with Gasteiger partial charge in [-0.2, -0.15) is 0 Å². The highest BCUT2D eigenvalue weighted by atomic mass is 16.5. The fraction of sp³-hybridized carbons (Fsp3) is 0.429. The first-order valence-corrected chi connectivity index (χ1v) is 6.37. The van der Waals surface area contributed by atoms with Gasteiger partial charge >= 0.3 is 5.97 Å². The van der Waals surface area contributed by atoms with Gasteiger partial charge in [-0.25, -0.2) is 0 Å². The monoisotopic (exact) mass is 278 g/mol. The maximum atomic E-state index is 12.2. The number of hydrogen-bond acceptors (Lipinski definition) is 4. The molecule has 1 aromatic rings. The Hall–Kier alpha value is -1.92. The van der Waals surface area contributed by atoms with Gasteiger partial charge in [-0.1, -0.05) is 12.1 Å². The molecule has 1 aliphatic rings. The quantitative estimate of drug-likeness (QED) is 0.749. The first-order chi connectivity index (χ1) is 9.41. The summed E-state index contributed by atoms with van der Waals surface area (Å²) in [6.45, 7) is 2.46. The average molecular weight is 278 g/mol. The molecule has 0 bridgehead atoms. The molecule has 4 N–H and O–H groups in total. The molecule has 0 aromatic heterocycles. The number of benzene rings is 1. The van der Waals surface area contributed by atoms with Crippen molar-refractivity contribution in [3.63, 3.8) is 0 Å². The minimum absolute atomic E-state index is 0.0370. The van der Waals surface area contributed by atoms with E-state index < -0.39 is 11.4 Å². The lowest BCUT2D eigenvalue weighted by Gasteiger charge is -2.25. The normalized spacial score (nSPS) is 25.4. The summed E-state index contributed by atoms with van der Waals surface area (Å²) >= 11 is 0. The minimum Gasteiger partial charge on any atom is -0.481 e. The van der Waals surface area contributed by atoms with E-state index in [1.165, 1.54) is 0 Å². The molecule has 1 amide bonds. The summed E-state index contributed by atoms with van der Waals surface area (Å²) in [5.74, 6) is -1.07. The predicted molar refractivity (Wildman–Crippen MR) is 73.3 cm³/mol. The Morgan fingerprint density at radius 2 is 2.10 bits per heavy atom. The standard InChI is InChI=1S/C14H18N2O4/c1-14(8-20-7-11(14)15)13(19)16-10-4-2-9(3-5-10)6-12(17)18/h2-5,11H,6-8,15H2,1H3,(H,16,19)(H,17,18). The fourth-order valence-electron chi connectivity index (χ4n) is 2.08. The van der Waals surface area contributed by atoms with Gasteiger partial charge in [0.1, 0.15) is 0 Å². The average Bonchev–Trinajstić information content (AvgIpc) is 2.73. The van der Waals surface area contributed by atoms with Crippen LogP contribution in [0.4, 0.5) is 5.69 Å². The lowest BCUT2D eigenvalue weighted by atomic mass is 9.85. The maximum absolute atomic E-state index is 12.2. The van der Waals surface area contributed by atoms with Crippen molar-refractivity contribution in [2.24, 2.45) is 11.1 Å². The number of rotatable bonds is 4.